The number of aromatic hydroxyl groups is 1. The molecule has 9 heteroatoms. The summed E-state index contributed by atoms with van der Waals surface area (Å²) in [5.74, 6) is -2.23. The average Bonchev–Trinajstić information content (AvgIpc) is 2.91. The molecule has 2 aromatic carbocycles. The Labute approximate surface area is 147 Å². The molecule has 0 aliphatic heterocycles. The highest BCUT2D eigenvalue weighted by atomic mass is 32.2. The number of fused-ring (bicyclic) bond motifs is 1. The minimum atomic E-state index is -3.65. The van der Waals surface area contributed by atoms with Crippen LogP contribution in [0.4, 0.5) is 10.1 Å². The van der Waals surface area contributed by atoms with Gasteiger partial charge in [0.2, 0.25) is 10.0 Å². The molecule has 0 atom stereocenters. The fourth-order valence-corrected chi connectivity index (χ4v) is 3.07. The van der Waals surface area contributed by atoms with Gasteiger partial charge in [-0.25, -0.2) is 17.6 Å². The molecular weight excluding hydrogens is 365 g/mol. The number of furan rings is 1. The maximum atomic E-state index is 13.1. The molecule has 0 radical (unpaired) electrons. The van der Waals surface area contributed by atoms with Gasteiger partial charge in [0.15, 0.2) is 0 Å². The van der Waals surface area contributed by atoms with E-state index in [1.165, 1.54) is 25.2 Å². The first-order valence-electron chi connectivity index (χ1n) is 7.32. The molecule has 2 N–H and O–H groups in total. The van der Waals surface area contributed by atoms with Crippen molar-refractivity contribution < 1.29 is 32.2 Å². The molecule has 26 heavy (non-hydrogen) atoms. The SMILES string of the molecule is CN(c1cc2oc(-c3ccc(F)cc3)c(C(=O)O)c2cc1O)S(C)(=O)=O. The highest BCUT2D eigenvalue weighted by Crippen LogP contribution is 2.40. The van der Waals surface area contributed by atoms with Crippen LogP contribution in [0, 0.1) is 5.82 Å². The molecule has 0 unspecified atom stereocenters. The number of nitrogens with zero attached hydrogens (tertiary/aromatic N) is 1. The number of sulfonamides is 1. The zero-order chi connectivity index (χ0) is 19.2. The van der Waals surface area contributed by atoms with Crippen LogP contribution in [0.3, 0.4) is 0 Å². The second-order valence-electron chi connectivity index (χ2n) is 5.69. The third kappa shape index (κ3) is 2.97. The number of phenolic OH excluding ortho intramolecular Hbond substituents is 1. The standard InChI is InChI=1S/C17H14FNO6S/c1-19(26(2,23)24)12-8-14-11(7-13(12)20)15(17(21)22)16(25-14)9-3-5-10(18)6-4-9/h3-8,20H,1-2H3,(H,21,22). The fraction of sp³-hybridized carbons (Fsp3) is 0.118. The van der Waals surface area contributed by atoms with Gasteiger partial charge in [0, 0.05) is 24.1 Å². The molecular formula is C17H14FNO6S. The maximum absolute atomic E-state index is 13.1. The molecule has 3 rings (SSSR count). The van der Waals surface area contributed by atoms with Crippen LogP contribution in [-0.4, -0.2) is 37.9 Å². The summed E-state index contributed by atoms with van der Waals surface area (Å²) in [5, 5.41) is 19.8. The summed E-state index contributed by atoms with van der Waals surface area (Å²) in [4.78, 5) is 11.7. The second kappa shape index (κ2) is 6.03. The first-order chi connectivity index (χ1) is 12.1. The van der Waals surface area contributed by atoms with Crippen LogP contribution in [0.25, 0.3) is 22.3 Å². The number of rotatable bonds is 4. The molecule has 0 fully saturated rings. The lowest BCUT2D eigenvalue weighted by Gasteiger charge is -2.17. The highest BCUT2D eigenvalue weighted by Gasteiger charge is 2.25. The van der Waals surface area contributed by atoms with Crippen molar-refractivity contribution in [2.45, 2.75) is 0 Å². The lowest BCUT2D eigenvalue weighted by atomic mass is 10.0. The molecule has 0 aliphatic rings. The first kappa shape index (κ1) is 17.7. The Hall–Kier alpha value is -3.07. The molecule has 7 nitrogen and oxygen atoms in total. The van der Waals surface area contributed by atoms with Gasteiger partial charge in [0.25, 0.3) is 0 Å². The van der Waals surface area contributed by atoms with Gasteiger partial charge < -0.3 is 14.6 Å². The van der Waals surface area contributed by atoms with Gasteiger partial charge in [-0.05, 0) is 30.3 Å². The fourth-order valence-electron chi connectivity index (χ4n) is 2.57. The van der Waals surface area contributed by atoms with E-state index < -0.39 is 27.6 Å². The van der Waals surface area contributed by atoms with E-state index in [4.69, 9.17) is 4.42 Å². The molecule has 3 aromatic rings. The summed E-state index contributed by atoms with van der Waals surface area (Å²) in [6, 6.07) is 7.42. The number of carbonyl (C=O) groups is 1. The Bertz CT molecular complexity index is 1120. The second-order valence-corrected chi connectivity index (χ2v) is 7.70. The van der Waals surface area contributed by atoms with Gasteiger partial charge in [-0.3, -0.25) is 4.31 Å². The van der Waals surface area contributed by atoms with Crippen molar-refractivity contribution in [1.82, 2.24) is 0 Å². The first-order valence-corrected chi connectivity index (χ1v) is 9.17. The number of carboxylic acids is 1. The number of carboxylic acid groups (broad SMARTS) is 1. The van der Waals surface area contributed by atoms with Crippen molar-refractivity contribution in [3.63, 3.8) is 0 Å². The average molecular weight is 379 g/mol. The van der Waals surface area contributed by atoms with E-state index >= 15 is 0 Å². The molecule has 0 saturated heterocycles. The molecule has 0 spiro atoms. The Kier molecular flexibility index (Phi) is 4.11. The number of benzene rings is 2. The maximum Gasteiger partial charge on any atom is 0.340 e. The Morgan fingerprint density at radius 1 is 1.19 bits per heavy atom. The minimum absolute atomic E-state index is 0.0222. The number of aromatic carboxylic acids is 1. The lowest BCUT2D eigenvalue weighted by molar-refractivity contribution is 0.0699. The van der Waals surface area contributed by atoms with E-state index in [-0.39, 0.29) is 28.0 Å². The molecule has 0 aliphatic carbocycles. The number of hydrogen-bond donors (Lipinski definition) is 2. The number of halogens is 1. The van der Waals surface area contributed by atoms with Crippen molar-refractivity contribution in [3.8, 4) is 17.1 Å². The summed E-state index contributed by atoms with van der Waals surface area (Å²) in [5.41, 5.74) is 0.134. The largest absolute Gasteiger partial charge is 0.506 e. The van der Waals surface area contributed by atoms with Crippen LogP contribution >= 0.6 is 0 Å². The number of hydrogen-bond acceptors (Lipinski definition) is 5. The Morgan fingerprint density at radius 3 is 2.35 bits per heavy atom. The van der Waals surface area contributed by atoms with Gasteiger partial charge in [-0.15, -0.1) is 0 Å². The molecule has 0 bridgehead atoms. The van der Waals surface area contributed by atoms with Crippen LogP contribution in [0.5, 0.6) is 5.75 Å². The Balaban J connectivity index is 2.30. The van der Waals surface area contributed by atoms with Gasteiger partial charge in [0.05, 0.1) is 11.9 Å². The van der Waals surface area contributed by atoms with Crippen molar-refractivity contribution >= 4 is 32.6 Å². The van der Waals surface area contributed by atoms with Gasteiger partial charge in [-0.2, -0.15) is 0 Å². The normalized spacial score (nSPS) is 11.7. The molecule has 1 aromatic heterocycles. The van der Waals surface area contributed by atoms with Gasteiger partial charge >= 0.3 is 5.97 Å². The summed E-state index contributed by atoms with van der Waals surface area (Å²) in [6.45, 7) is 0. The summed E-state index contributed by atoms with van der Waals surface area (Å²) in [7, 11) is -2.40. The Morgan fingerprint density at radius 2 is 1.81 bits per heavy atom. The van der Waals surface area contributed by atoms with Crippen LogP contribution in [0.15, 0.2) is 40.8 Å². The summed E-state index contributed by atoms with van der Waals surface area (Å²) >= 11 is 0. The van der Waals surface area contributed by atoms with Gasteiger partial charge in [-0.1, -0.05) is 0 Å². The van der Waals surface area contributed by atoms with Crippen LogP contribution in [0.2, 0.25) is 0 Å². The van der Waals surface area contributed by atoms with Crippen molar-refractivity contribution in [1.29, 1.82) is 0 Å². The summed E-state index contributed by atoms with van der Waals surface area (Å²) < 4.78 is 43.0. The monoisotopic (exact) mass is 379 g/mol. The van der Waals surface area contributed by atoms with E-state index in [2.05, 4.69) is 0 Å². The van der Waals surface area contributed by atoms with Crippen LogP contribution in [-0.2, 0) is 10.0 Å². The van der Waals surface area contributed by atoms with E-state index in [1.807, 2.05) is 0 Å². The third-order valence-corrected chi connectivity index (χ3v) is 5.13. The highest BCUT2D eigenvalue weighted by molar-refractivity contribution is 7.92. The predicted octanol–water partition coefficient (Wildman–Crippen LogP) is 3.04. The molecule has 0 amide bonds. The topological polar surface area (TPSA) is 108 Å². The van der Waals surface area contributed by atoms with E-state index in [1.54, 1.807) is 0 Å². The van der Waals surface area contributed by atoms with Crippen LogP contribution < -0.4 is 4.31 Å². The van der Waals surface area contributed by atoms with E-state index in [9.17, 15) is 27.8 Å². The molecule has 0 saturated carbocycles. The quantitative estimate of drug-likeness (QED) is 0.721. The molecule has 136 valence electrons. The van der Waals surface area contributed by atoms with Crippen molar-refractivity contribution in [2.75, 3.05) is 17.6 Å². The molecule has 1 heterocycles. The smallest absolute Gasteiger partial charge is 0.340 e. The van der Waals surface area contributed by atoms with Crippen molar-refractivity contribution in [3.05, 3.63) is 47.8 Å². The third-order valence-electron chi connectivity index (χ3n) is 3.94. The minimum Gasteiger partial charge on any atom is -0.506 e. The zero-order valence-electron chi connectivity index (χ0n) is 13.7. The zero-order valence-corrected chi connectivity index (χ0v) is 14.5. The number of anilines is 1. The van der Waals surface area contributed by atoms with E-state index in [0.717, 1.165) is 28.8 Å². The number of phenols is 1. The predicted molar refractivity (Wildman–Crippen MR) is 93.5 cm³/mol. The van der Waals surface area contributed by atoms with Crippen molar-refractivity contribution in [2.24, 2.45) is 0 Å². The van der Waals surface area contributed by atoms with Crippen LogP contribution in [0.1, 0.15) is 10.4 Å². The van der Waals surface area contributed by atoms with Gasteiger partial charge in [0.1, 0.15) is 28.5 Å². The lowest BCUT2D eigenvalue weighted by Crippen LogP contribution is -2.24. The van der Waals surface area contributed by atoms with E-state index in [0.29, 0.717) is 5.56 Å². The summed E-state index contributed by atoms with van der Waals surface area (Å²) in [6.07, 6.45) is 0.964.